The van der Waals surface area contributed by atoms with Gasteiger partial charge in [-0.2, -0.15) is 0 Å². The van der Waals surface area contributed by atoms with Crippen LogP contribution in [0.25, 0.3) is 0 Å². The van der Waals surface area contributed by atoms with E-state index in [-0.39, 0.29) is 6.61 Å². The number of likely N-dealkylation sites (N-methyl/N-ethyl adjacent to an activating group) is 1. The topological polar surface area (TPSA) is 44.7 Å². The molecule has 0 fully saturated rings. The highest BCUT2D eigenvalue weighted by Crippen LogP contribution is 1.91. The SMILES string of the molecule is CN(C)CC(O)CNCCOCC(F)F. The Bertz CT molecular complexity index is 148. The van der Waals surface area contributed by atoms with Gasteiger partial charge >= 0.3 is 0 Å². The molecule has 0 rings (SSSR count). The first-order valence-electron chi connectivity index (χ1n) is 4.91. The van der Waals surface area contributed by atoms with Crippen molar-refractivity contribution < 1.29 is 18.6 Å². The Morgan fingerprint density at radius 1 is 1.40 bits per heavy atom. The van der Waals surface area contributed by atoms with E-state index in [0.717, 1.165) is 0 Å². The summed E-state index contributed by atoms with van der Waals surface area (Å²) in [5.41, 5.74) is 0. The average molecular weight is 226 g/mol. The highest BCUT2D eigenvalue weighted by atomic mass is 19.3. The zero-order valence-electron chi connectivity index (χ0n) is 9.25. The highest BCUT2D eigenvalue weighted by Gasteiger charge is 2.04. The van der Waals surface area contributed by atoms with E-state index >= 15 is 0 Å². The van der Waals surface area contributed by atoms with Crippen LogP contribution in [0.2, 0.25) is 0 Å². The van der Waals surface area contributed by atoms with Gasteiger partial charge in [0, 0.05) is 19.6 Å². The molecule has 0 spiro atoms. The van der Waals surface area contributed by atoms with Gasteiger partial charge in [0.15, 0.2) is 0 Å². The molecule has 0 bridgehead atoms. The smallest absolute Gasteiger partial charge is 0.261 e. The minimum absolute atomic E-state index is 0.235. The van der Waals surface area contributed by atoms with Crippen molar-refractivity contribution in [3.8, 4) is 0 Å². The Morgan fingerprint density at radius 2 is 2.07 bits per heavy atom. The van der Waals surface area contributed by atoms with Crippen LogP contribution >= 0.6 is 0 Å². The quantitative estimate of drug-likeness (QED) is 0.534. The molecule has 0 aliphatic carbocycles. The second-order valence-electron chi connectivity index (χ2n) is 3.59. The van der Waals surface area contributed by atoms with Gasteiger partial charge in [0.05, 0.1) is 12.7 Å². The summed E-state index contributed by atoms with van der Waals surface area (Å²) in [6.45, 7) is 1.19. The lowest BCUT2D eigenvalue weighted by atomic mass is 10.3. The summed E-state index contributed by atoms with van der Waals surface area (Å²) in [7, 11) is 3.74. The Balaban J connectivity index is 3.16. The summed E-state index contributed by atoms with van der Waals surface area (Å²) in [6, 6.07) is 0. The van der Waals surface area contributed by atoms with Gasteiger partial charge in [-0.1, -0.05) is 0 Å². The number of aliphatic hydroxyl groups excluding tert-OH is 1. The van der Waals surface area contributed by atoms with Gasteiger partial charge in [0.1, 0.15) is 6.61 Å². The molecule has 0 heterocycles. The third kappa shape index (κ3) is 11.6. The van der Waals surface area contributed by atoms with Gasteiger partial charge in [-0.25, -0.2) is 8.78 Å². The minimum atomic E-state index is -2.41. The fourth-order valence-electron chi connectivity index (χ4n) is 1.07. The molecule has 1 atom stereocenters. The summed E-state index contributed by atoms with van der Waals surface area (Å²) in [5, 5.41) is 12.3. The normalized spacial score (nSPS) is 13.8. The number of halogens is 2. The van der Waals surface area contributed by atoms with Gasteiger partial charge in [0.25, 0.3) is 6.43 Å². The third-order valence-electron chi connectivity index (χ3n) is 1.62. The largest absolute Gasteiger partial charge is 0.390 e. The summed E-state index contributed by atoms with van der Waals surface area (Å²) in [6.07, 6.45) is -2.86. The first-order valence-corrected chi connectivity index (χ1v) is 4.91. The predicted octanol–water partition coefficient (Wildman–Crippen LogP) is -0.220. The number of ether oxygens (including phenoxy) is 1. The van der Waals surface area contributed by atoms with E-state index in [4.69, 9.17) is 0 Å². The summed E-state index contributed by atoms with van der Waals surface area (Å²) < 4.78 is 27.9. The Kier molecular flexibility index (Phi) is 8.79. The number of aliphatic hydroxyl groups is 1. The van der Waals surface area contributed by atoms with Crippen LogP contribution in [0.1, 0.15) is 0 Å². The molecule has 0 amide bonds. The number of nitrogens with zero attached hydrogens (tertiary/aromatic N) is 1. The maximum absolute atomic E-state index is 11.6. The van der Waals surface area contributed by atoms with Crippen molar-refractivity contribution in [1.82, 2.24) is 10.2 Å². The van der Waals surface area contributed by atoms with Crippen LogP contribution in [0.5, 0.6) is 0 Å². The zero-order valence-corrected chi connectivity index (χ0v) is 9.25. The maximum atomic E-state index is 11.6. The van der Waals surface area contributed by atoms with Crippen LogP contribution in [-0.2, 0) is 4.74 Å². The lowest BCUT2D eigenvalue weighted by Crippen LogP contribution is -2.36. The Morgan fingerprint density at radius 3 is 2.60 bits per heavy atom. The molecule has 0 radical (unpaired) electrons. The number of alkyl halides is 2. The molecule has 15 heavy (non-hydrogen) atoms. The fourth-order valence-corrected chi connectivity index (χ4v) is 1.07. The summed E-state index contributed by atoms with van der Waals surface area (Å²) in [5.74, 6) is 0. The van der Waals surface area contributed by atoms with E-state index in [1.54, 1.807) is 0 Å². The van der Waals surface area contributed by atoms with Crippen molar-refractivity contribution in [3.63, 3.8) is 0 Å². The highest BCUT2D eigenvalue weighted by molar-refractivity contribution is 4.61. The van der Waals surface area contributed by atoms with Crippen molar-refractivity contribution in [2.75, 3.05) is 46.9 Å². The summed E-state index contributed by atoms with van der Waals surface area (Å²) in [4.78, 5) is 1.87. The van der Waals surface area contributed by atoms with Gasteiger partial charge in [-0.3, -0.25) is 0 Å². The van der Waals surface area contributed by atoms with E-state index in [1.807, 2.05) is 19.0 Å². The molecule has 0 aromatic rings. The molecular weight excluding hydrogens is 206 g/mol. The Hall–Kier alpha value is -0.300. The number of nitrogens with one attached hydrogen (secondary N) is 1. The van der Waals surface area contributed by atoms with Crippen LogP contribution < -0.4 is 5.32 Å². The van der Waals surface area contributed by atoms with E-state index < -0.39 is 19.1 Å². The van der Waals surface area contributed by atoms with Crippen molar-refractivity contribution in [2.45, 2.75) is 12.5 Å². The molecule has 4 nitrogen and oxygen atoms in total. The van der Waals surface area contributed by atoms with E-state index in [9.17, 15) is 13.9 Å². The van der Waals surface area contributed by atoms with Crippen LogP contribution in [0.15, 0.2) is 0 Å². The number of rotatable bonds is 9. The second-order valence-corrected chi connectivity index (χ2v) is 3.59. The summed E-state index contributed by atoms with van der Waals surface area (Å²) >= 11 is 0. The van der Waals surface area contributed by atoms with Crippen LogP contribution in [0.4, 0.5) is 8.78 Å². The molecule has 0 aromatic carbocycles. The monoisotopic (exact) mass is 226 g/mol. The second kappa shape index (κ2) is 8.96. The minimum Gasteiger partial charge on any atom is -0.390 e. The molecule has 92 valence electrons. The van der Waals surface area contributed by atoms with E-state index in [2.05, 4.69) is 10.1 Å². The number of hydrogen-bond acceptors (Lipinski definition) is 4. The molecule has 0 aliphatic rings. The number of hydrogen-bond donors (Lipinski definition) is 2. The van der Waals surface area contributed by atoms with Crippen molar-refractivity contribution in [2.24, 2.45) is 0 Å². The van der Waals surface area contributed by atoms with Crippen LogP contribution in [0, 0.1) is 0 Å². The first-order chi connectivity index (χ1) is 7.02. The maximum Gasteiger partial charge on any atom is 0.261 e. The third-order valence-corrected chi connectivity index (χ3v) is 1.62. The zero-order chi connectivity index (χ0) is 11.7. The predicted molar refractivity (Wildman–Crippen MR) is 54.3 cm³/mol. The standard InChI is InChI=1S/C9H20F2N2O2/c1-13(2)6-8(14)5-12-3-4-15-7-9(10)11/h8-9,12,14H,3-7H2,1-2H3. The average Bonchev–Trinajstić information content (AvgIpc) is 2.09. The van der Waals surface area contributed by atoms with E-state index in [0.29, 0.717) is 19.6 Å². The molecule has 0 aromatic heterocycles. The van der Waals surface area contributed by atoms with Gasteiger partial charge in [-0.05, 0) is 14.1 Å². The lowest BCUT2D eigenvalue weighted by molar-refractivity contribution is 0.0179. The van der Waals surface area contributed by atoms with Crippen molar-refractivity contribution in [1.29, 1.82) is 0 Å². The molecule has 0 saturated heterocycles. The van der Waals surface area contributed by atoms with E-state index in [1.165, 1.54) is 0 Å². The first kappa shape index (κ1) is 14.7. The van der Waals surface area contributed by atoms with Crippen LogP contribution in [0.3, 0.4) is 0 Å². The van der Waals surface area contributed by atoms with Gasteiger partial charge < -0.3 is 20.1 Å². The Labute approximate surface area is 89.2 Å². The van der Waals surface area contributed by atoms with Gasteiger partial charge in [-0.15, -0.1) is 0 Å². The molecule has 1 unspecified atom stereocenters. The van der Waals surface area contributed by atoms with Gasteiger partial charge in [0.2, 0.25) is 0 Å². The fraction of sp³-hybridized carbons (Fsp3) is 1.00. The molecule has 2 N–H and O–H groups in total. The molecular formula is C9H20F2N2O2. The van der Waals surface area contributed by atoms with Crippen molar-refractivity contribution in [3.05, 3.63) is 0 Å². The molecule has 0 aliphatic heterocycles. The van der Waals surface area contributed by atoms with Crippen molar-refractivity contribution >= 4 is 0 Å². The lowest BCUT2D eigenvalue weighted by Gasteiger charge is -2.16. The molecule has 0 saturated carbocycles. The van der Waals surface area contributed by atoms with Crippen LogP contribution in [-0.4, -0.2) is 69.5 Å². The molecule has 6 heteroatoms.